The van der Waals surface area contributed by atoms with Crippen LogP contribution in [0, 0.1) is 17.2 Å². The van der Waals surface area contributed by atoms with Crippen LogP contribution in [0.1, 0.15) is 26.5 Å². The molecule has 1 unspecified atom stereocenters. The molecular formula is C12H18N4O. The normalized spacial score (nSPS) is 12.2. The molecule has 1 N–H and O–H groups in total. The monoisotopic (exact) mass is 234 g/mol. The van der Waals surface area contributed by atoms with Gasteiger partial charge in [0.15, 0.2) is 11.5 Å². The van der Waals surface area contributed by atoms with E-state index in [-0.39, 0.29) is 6.04 Å². The Morgan fingerprint density at radius 1 is 1.41 bits per heavy atom. The van der Waals surface area contributed by atoms with E-state index >= 15 is 0 Å². The second-order valence-corrected chi connectivity index (χ2v) is 4.02. The number of nitriles is 1. The lowest BCUT2D eigenvalue weighted by molar-refractivity contribution is 0.126. The number of anilines is 1. The highest BCUT2D eigenvalue weighted by molar-refractivity contribution is 5.47. The topological polar surface area (TPSA) is 70.8 Å². The fraction of sp³-hybridized carbons (Fsp3) is 0.583. The molecule has 0 aromatic carbocycles. The van der Waals surface area contributed by atoms with Crippen molar-refractivity contribution in [1.82, 2.24) is 9.97 Å². The zero-order valence-corrected chi connectivity index (χ0v) is 10.5. The zero-order chi connectivity index (χ0) is 12.7. The molecule has 0 amide bonds. The Hall–Kier alpha value is -1.67. The lowest BCUT2D eigenvalue weighted by atomic mass is 10.1. The summed E-state index contributed by atoms with van der Waals surface area (Å²) in [6, 6.07) is 2.14. The van der Waals surface area contributed by atoms with Gasteiger partial charge in [-0.15, -0.1) is 0 Å². The molecule has 1 aromatic rings. The molecule has 0 fully saturated rings. The first kappa shape index (κ1) is 13.4. The van der Waals surface area contributed by atoms with Crippen molar-refractivity contribution < 1.29 is 4.74 Å². The molecule has 1 rings (SSSR count). The molecule has 0 aliphatic heterocycles. The third-order valence-electron chi connectivity index (χ3n) is 2.43. The van der Waals surface area contributed by atoms with E-state index in [0.29, 0.717) is 30.6 Å². The molecule has 0 spiro atoms. The molecule has 1 aromatic heterocycles. The smallest absolute Gasteiger partial charge is 0.182 e. The highest BCUT2D eigenvalue weighted by Gasteiger charge is 2.15. The van der Waals surface area contributed by atoms with Gasteiger partial charge in [-0.25, -0.2) is 9.97 Å². The van der Waals surface area contributed by atoms with Crippen molar-refractivity contribution in [3.8, 4) is 6.07 Å². The van der Waals surface area contributed by atoms with Gasteiger partial charge in [0, 0.05) is 19.0 Å². The number of rotatable bonds is 6. The Labute approximate surface area is 102 Å². The SMILES string of the molecule is CCOCC(Nc1nccnc1C#N)C(C)C. The molecule has 0 aliphatic carbocycles. The molecule has 0 saturated heterocycles. The molecule has 1 heterocycles. The van der Waals surface area contributed by atoms with E-state index in [4.69, 9.17) is 10.00 Å². The summed E-state index contributed by atoms with van der Waals surface area (Å²) in [5.74, 6) is 0.906. The predicted molar refractivity (Wildman–Crippen MR) is 65.5 cm³/mol. The van der Waals surface area contributed by atoms with Gasteiger partial charge >= 0.3 is 0 Å². The molecule has 5 heteroatoms. The molecule has 0 aliphatic rings. The van der Waals surface area contributed by atoms with Crippen molar-refractivity contribution in [1.29, 1.82) is 5.26 Å². The van der Waals surface area contributed by atoms with Crippen LogP contribution in [0.5, 0.6) is 0 Å². The summed E-state index contributed by atoms with van der Waals surface area (Å²) in [4.78, 5) is 8.09. The Balaban J connectivity index is 2.75. The van der Waals surface area contributed by atoms with E-state index in [2.05, 4.69) is 29.1 Å². The number of ether oxygens (including phenoxy) is 1. The lowest BCUT2D eigenvalue weighted by Gasteiger charge is -2.22. The predicted octanol–water partition coefficient (Wildman–Crippen LogP) is 1.82. The van der Waals surface area contributed by atoms with Crippen LogP contribution in [0.2, 0.25) is 0 Å². The number of hydrogen-bond donors (Lipinski definition) is 1. The van der Waals surface area contributed by atoms with Gasteiger partial charge in [-0.2, -0.15) is 5.26 Å². The number of hydrogen-bond acceptors (Lipinski definition) is 5. The van der Waals surface area contributed by atoms with E-state index in [1.165, 1.54) is 6.20 Å². The minimum absolute atomic E-state index is 0.124. The summed E-state index contributed by atoms with van der Waals surface area (Å²) < 4.78 is 5.41. The maximum absolute atomic E-state index is 8.92. The van der Waals surface area contributed by atoms with Crippen LogP contribution in [0.4, 0.5) is 5.82 Å². The maximum atomic E-state index is 8.92. The standard InChI is InChI=1S/C12H18N4O/c1-4-17-8-11(9(2)3)16-12-10(7-13)14-5-6-15-12/h5-6,9,11H,4,8H2,1-3H3,(H,15,16). The summed E-state index contributed by atoms with van der Waals surface area (Å²) in [6.45, 7) is 7.42. The van der Waals surface area contributed by atoms with Crippen LogP contribution >= 0.6 is 0 Å². The summed E-state index contributed by atoms with van der Waals surface area (Å²) in [7, 11) is 0. The van der Waals surface area contributed by atoms with Gasteiger partial charge < -0.3 is 10.1 Å². The third-order valence-corrected chi connectivity index (χ3v) is 2.43. The summed E-state index contributed by atoms with van der Waals surface area (Å²) >= 11 is 0. The summed E-state index contributed by atoms with van der Waals surface area (Å²) in [6.07, 6.45) is 3.08. The third kappa shape index (κ3) is 4.00. The van der Waals surface area contributed by atoms with Gasteiger partial charge in [-0.1, -0.05) is 13.8 Å². The molecule has 5 nitrogen and oxygen atoms in total. The fourth-order valence-corrected chi connectivity index (χ4v) is 1.35. The van der Waals surface area contributed by atoms with Gasteiger partial charge in [-0.3, -0.25) is 0 Å². The van der Waals surface area contributed by atoms with Crippen LogP contribution in [0.3, 0.4) is 0 Å². The summed E-state index contributed by atoms with van der Waals surface area (Å²) in [5, 5.41) is 12.1. The van der Waals surface area contributed by atoms with Crippen molar-refractivity contribution in [2.75, 3.05) is 18.5 Å². The van der Waals surface area contributed by atoms with Crippen molar-refractivity contribution >= 4 is 5.82 Å². The highest BCUT2D eigenvalue weighted by Crippen LogP contribution is 2.13. The Kier molecular flexibility index (Phi) is 5.37. The Morgan fingerprint density at radius 2 is 2.12 bits per heavy atom. The first-order valence-electron chi connectivity index (χ1n) is 5.74. The second-order valence-electron chi connectivity index (χ2n) is 4.02. The van der Waals surface area contributed by atoms with Gasteiger partial charge in [-0.05, 0) is 12.8 Å². The van der Waals surface area contributed by atoms with Gasteiger partial charge in [0.05, 0.1) is 12.6 Å². The zero-order valence-electron chi connectivity index (χ0n) is 10.5. The summed E-state index contributed by atoms with van der Waals surface area (Å²) in [5.41, 5.74) is 0.314. The molecule has 0 saturated carbocycles. The van der Waals surface area contributed by atoms with Gasteiger partial charge in [0.2, 0.25) is 0 Å². The first-order chi connectivity index (χ1) is 8.19. The van der Waals surface area contributed by atoms with Gasteiger partial charge in [0.1, 0.15) is 6.07 Å². The Bertz CT molecular complexity index is 386. The second kappa shape index (κ2) is 6.81. The minimum atomic E-state index is 0.124. The first-order valence-corrected chi connectivity index (χ1v) is 5.74. The van der Waals surface area contributed by atoms with Crippen molar-refractivity contribution in [3.05, 3.63) is 18.1 Å². The van der Waals surface area contributed by atoms with Crippen LogP contribution in [0.15, 0.2) is 12.4 Å². The highest BCUT2D eigenvalue weighted by atomic mass is 16.5. The largest absolute Gasteiger partial charge is 0.380 e. The number of nitrogens with zero attached hydrogens (tertiary/aromatic N) is 3. The maximum Gasteiger partial charge on any atom is 0.182 e. The van der Waals surface area contributed by atoms with Crippen LogP contribution in [0.25, 0.3) is 0 Å². The van der Waals surface area contributed by atoms with E-state index in [1.807, 2.05) is 13.0 Å². The molecule has 17 heavy (non-hydrogen) atoms. The van der Waals surface area contributed by atoms with Crippen LogP contribution in [-0.4, -0.2) is 29.2 Å². The molecule has 92 valence electrons. The number of nitrogens with one attached hydrogen (secondary N) is 1. The quantitative estimate of drug-likeness (QED) is 0.813. The van der Waals surface area contributed by atoms with Crippen molar-refractivity contribution in [2.24, 2.45) is 5.92 Å². The van der Waals surface area contributed by atoms with Crippen LogP contribution in [-0.2, 0) is 4.74 Å². The minimum Gasteiger partial charge on any atom is -0.380 e. The Morgan fingerprint density at radius 3 is 2.71 bits per heavy atom. The molecule has 0 bridgehead atoms. The van der Waals surface area contributed by atoms with Crippen molar-refractivity contribution in [2.45, 2.75) is 26.8 Å². The average Bonchev–Trinajstić information content (AvgIpc) is 2.34. The van der Waals surface area contributed by atoms with E-state index in [1.54, 1.807) is 6.20 Å². The van der Waals surface area contributed by atoms with E-state index in [9.17, 15) is 0 Å². The average molecular weight is 234 g/mol. The molecular weight excluding hydrogens is 216 g/mol. The molecule has 0 radical (unpaired) electrons. The fourth-order valence-electron chi connectivity index (χ4n) is 1.35. The lowest BCUT2D eigenvalue weighted by Crippen LogP contribution is -2.31. The van der Waals surface area contributed by atoms with E-state index in [0.717, 1.165) is 0 Å². The molecule has 1 atom stereocenters. The number of aromatic nitrogens is 2. The van der Waals surface area contributed by atoms with E-state index < -0.39 is 0 Å². The van der Waals surface area contributed by atoms with Crippen molar-refractivity contribution in [3.63, 3.8) is 0 Å². The van der Waals surface area contributed by atoms with Crippen LogP contribution < -0.4 is 5.32 Å². The van der Waals surface area contributed by atoms with Gasteiger partial charge in [0.25, 0.3) is 0 Å².